The molecule has 0 aliphatic heterocycles. The van der Waals surface area contributed by atoms with Crippen LogP contribution in [0.2, 0.25) is 5.02 Å². The van der Waals surface area contributed by atoms with Gasteiger partial charge in [-0.15, -0.1) is 0 Å². The summed E-state index contributed by atoms with van der Waals surface area (Å²) in [7, 11) is 0. The van der Waals surface area contributed by atoms with Crippen molar-refractivity contribution in [3.05, 3.63) is 70.7 Å². The van der Waals surface area contributed by atoms with E-state index in [1.165, 1.54) is 0 Å². The molecule has 0 heterocycles. The van der Waals surface area contributed by atoms with Crippen molar-refractivity contribution in [1.82, 2.24) is 10.2 Å². The number of hydrogen-bond donors (Lipinski definition) is 1. The molecule has 154 valence electrons. The van der Waals surface area contributed by atoms with Gasteiger partial charge < -0.3 is 10.2 Å². The van der Waals surface area contributed by atoms with Crippen LogP contribution >= 0.6 is 11.6 Å². The minimum atomic E-state index is -0.501. The predicted molar refractivity (Wildman–Crippen MR) is 117 cm³/mol. The third kappa shape index (κ3) is 6.33. The van der Waals surface area contributed by atoms with Crippen molar-refractivity contribution in [1.29, 1.82) is 0 Å². The molecule has 0 saturated heterocycles. The van der Waals surface area contributed by atoms with Crippen molar-refractivity contribution in [2.24, 2.45) is 0 Å². The lowest BCUT2D eigenvalue weighted by Crippen LogP contribution is -2.51. The molecule has 1 aliphatic rings. The lowest BCUT2D eigenvalue weighted by molar-refractivity contribution is -0.139. The van der Waals surface area contributed by atoms with Crippen LogP contribution in [-0.4, -0.2) is 35.3 Å². The van der Waals surface area contributed by atoms with Crippen LogP contribution in [0.15, 0.2) is 54.6 Å². The van der Waals surface area contributed by atoms with E-state index in [2.05, 4.69) is 5.32 Å². The first-order chi connectivity index (χ1) is 14.0. The Bertz CT molecular complexity index is 801. The monoisotopic (exact) mass is 412 g/mol. The van der Waals surface area contributed by atoms with Crippen LogP contribution in [0.5, 0.6) is 0 Å². The molecule has 1 fully saturated rings. The highest BCUT2D eigenvalue weighted by Gasteiger charge is 2.28. The summed E-state index contributed by atoms with van der Waals surface area (Å²) in [6, 6.07) is 17.1. The molecule has 0 aromatic heterocycles. The molecule has 0 spiro atoms. The maximum atomic E-state index is 13.1. The minimum Gasteiger partial charge on any atom is -0.352 e. The van der Waals surface area contributed by atoms with E-state index in [0.29, 0.717) is 18.0 Å². The number of nitrogens with zero attached hydrogens (tertiary/aromatic N) is 1. The summed E-state index contributed by atoms with van der Waals surface area (Å²) in [5.41, 5.74) is 2.05. The Labute approximate surface area is 178 Å². The fraction of sp³-hybridized carbons (Fsp3) is 0.417. The summed E-state index contributed by atoms with van der Waals surface area (Å²) in [6.07, 6.45) is 5.35. The van der Waals surface area contributed by atoms with Crippen LogP contribution in [0.1, 0.15) is 43.7 Å². The Morgan fingerprint density at radius 3 is 2.34 bits per heavy atom. The van der Waals surface area contributed by atoms with Crippen molar-refractivity contribution in [3.8, 4) is 0 Å². The van der Waals surface area contributed by atoms with E-state index in [9.17, 15) is 9.59 Å². The van der Waals surface area contributed by atoms with Crippen LogP contribution in [0, 0.1) is 0 Å². The highest BCUT2D eigenvalue weighted by atomic mass is 35.5. The SMILES string of the molecule is CC(C(=O)NC1CCCC1)N(CCc1ccccc1)C(=O)Cc1ccc(Cl)cc1. The smallest absolute Gasteiger partial charge is 0.242 e. The second-order valence-electron chi connectivity index (χ2n) is 7.79. The van der Waals surface area contributed by atoms with E-state index in [1.54, 1.807) is 17.0 Å². The Morgan fingerprint density at radius 1 is 1.03 bits per heavy atom. The summed E-state index contributed by atoms with van der Waals surface area (Å²) >= 11 is 5.95. The highest BCUT2D eigenvalue weighted by molar-refractivity contribution is 6.30. The van der Waals surface area contributed by atoms with Crippen molar-refractivity contribution in [2.45, 2.75) is 57.5 Å². The Hall–Kier alpha value is -2.33. The quantitative estimate of drug-likeness (QED) is 0.698. The van der Waals surface area contributed by atoms with Gasteiger partial charge in [-0.2, -0.15) is 0 Å². The first-order valence-corrected chi connectivity index (χ1v) is 10.8. The summed E-state index contributed by atoms with van der Waals surface area (Å²) in [5.74, 6) is -0.105. The number of amides is 2. The Balaban J connectivity index is 1.69. The van der Waals surface area contributed by atoms with E-state index in [4.69, 9.17) is 11.6 Å². The zero-order valence-corrected chi connectivity index (χ0v) is 17.7. The van der Waals surface area contributed by atoms with Crippen LogP contribution < -0.4 is 5.32 Å². The van der Waals surface area contributed by atoms with Gasteiger partial charge in [-0.3, -0.25) is 9.59 Å². The Kier molecular flexibility index (Phi) is 7.70. The molecule has 1 aliphatic carbocycles. The Morgan fingerprint density at radius 2 is 1.69 bits per heavy atom. The van der Waals surface area contributed by atoms with Crippen LogP contribution in [-0.2, 0) is 22.4 Å². The molecule has 1 saturated carbocycles. The molecule has 1 atom stereocenters. The van der Waals surface area contributed by atoms with Gasteiger partial charge in [0.2, 0.25) is 11.8 Å². The van der Waals surface area contributed by atoms with E-state index in [-0.39, 0.29) is 24.3 Å². The van der Waals surface area contributed by atoms with Gasteiger partial charge in [-0.1, -0.05) is 66.9 Å². The van der Waals surface area contributed by atoms with E-state index >= 15 is 0 Å². The number of rotatable bonds is 8. The second kappa shape index (κ2) is 10.4. The molecule has 2 aromatic rings. The number of nitrogens with one attached hydrogen (secondary N) is 1. The summed E-state index contributed by atoms with van der Waals surface area (Å²) in [4.78, 5) is 27.7. The predicted octanol–water partition coefficient (Wildman–Crippen LogP) is 4.40. The van der Waals surface area contributed by atoms with Crippen molar-refractivity contribution in [2.75, 3.05) is 6.54 Å². The van der Waals surface area contributed by atoms with Crippen molar-refractivity contribution in [3.63, 3.8) is 0 Å². The van der Waals surface area contributed by atoms with Gasteiger partial charge in [0.1, 0.15) is 6.04 Å². The lowest BCUT2D eigenvalue weighted by atomic mass is 10.1. The van der Waals surface area contributed by atoms with Crippen molar-refractivity contribution >= 4 is 23.4 Å². The number of carbonyl (C=O) groups excluding carboxylic acids is 2. The van der Waals surface area contributed by atoms with Gasteiger partial charge >= 0.3 is 0 Å². The van der Waals surface area contributed by atoms with Gasteiger partial charge in [0.15, 0.2) is 0 Å². The first-order valence-electron chi connectivity index (χ1n) is 10.4. The normalized spacial score (nSPS) is 15.1. The van der Waals surface area contributed by atoms with Crippen molar-refractivity contribution < 1.29 is 9.59 Å². The molecule has 4 nitrogen and oxygen atoms in total. The zero-order chi connectivity index (χ0) is 20.6. The summed E-state index contributed by atoms with van der Waals surface area (Å²) in [6.45, 7) is 2.34. The molecule has 29 heavy (non-hydrogen) atoms. The van der Waals surface area contributed by atoms with E-state index in [1.807, 2.05) is 49.4 Å². The standard InChI is InChI=1S/C24H29ClN2O2/c1-18(24(29)26-22-9-5-6-10-22)27(16-15-19-7-3-2-4-8-19)23(28)17-20-11-13-21(25)14-12-20/h2-4,7-8,11-14,18,22H,5-6,9-10,15-17H2,1H3,(H,26,29). The van der Waals surface area contributed by atoms with Crippen LogP contribution in [0.3, 0.4) is 0 Å². The number of carbonyl (C=O) groups is 2. The third-order valence-electron chi connectivity index (χ3n) is 5.62. The summed E-state index contributed by atoms with van der Waals surface area (Å²) in [5, 5.41) is 3.78. The second-order valence-corrected chi connectivity index (χ2v) is 8.23. The number of hydrogen-bond acceptors (Lipinski definition) is 2. The van der Waals surface area contributed by atoms with Crippen LogP contribution in [0.4, 0.5) is 0 Å². The van der Waals surface area contributed by atoms with Gasteiger partial charge in [-0.25, -0.2) is 0 Å². The molecular formula is C24H29ClN2O2. The molecule has 3 rings (SSSR count). The van der Waals surface area contributed by atoms with Crippen LogP contribution in [0.25, 0.3) is 0 Å². The third-order valence-corrected chi connectivity index (χ3v) is 5.87. The first kappa shape index (κ1) is 21.4. The lowest BCUT2D eigenvalue weighted by Gasteiger charge is -2.30. The fourth-order valence-electron chi connectivity index (χ4n) is 3.84. The van der Waals surface area contributed by atoms with Gasteiger partial charge in [0.05, 0.1) is 6.42 Å². The van der Waals surface area contributed by atoms with E-state index in [0.717, 1.165) is 36.8 Å². The molecule has 0 bridgehead atoms. The fourth-order valence-corrected chi connectivity index (χ4v) is 3.97. The maximum Gasteiger partial charge on any atom is 0.242 e. The largest absolute Gasteiger partial charge is 0.352 e. The molecule has 1 N–H and O–H groups in total. The van der Waals surface area contributed by atoms with Gasteiger partial charge in [0, 0.05) is 17.6 Å². The van der Waals surface area contributed by atoms with Gasteiger partial charge in [-0.05, 0) is 49.4 Å². The average Bonchev–Trinajstić information content (AvgIpc) is 3.23. The molecule has 5 heteroatoms. The zero-order valence-electron chi connectivity index (χ0n) is 16.9. The van der Waals surface area contributed by atoms with Gasteiger partial charge in [0.25, 0.3) is 0 Å². The summed E-state index contributed by atoms with van der Waals surface area (Å²) < 4.78 is 0. The molecule has 0 radical (unpaired) electrons. The number of benzene rings is 2. The molecular weight excluding hydrogens is 384 g/mol. The number of halogens is 1. The molecule has 2 aromatic carbocycles. The molecule has 1 unspecified atom stereocenters. The van der Waals surface area contributed by atoms with E-state index < -0.39 is 6.04 Å². The maximum absolute atomic E-state index is 13.1. The minimum absolute atomic E-state index is 0.0441. The average molecular weight is 413 g/mol. The molecule has 2 amide bonds. The topological polar surface area (TPSA) is 49.4 Å². The highest BCUT2D eigenvalue weighted by Crippen LogP contribution is 2.18.